The quantitative estimate of drug-likeness (QED) is 0.480. The SMILES string of the molecule is CCCCCCCC(=O)CO[P+](=O)O. The van der Waals surface area contributed by atoms with Crippen molar-refractivity contribution in [3.63, 3.8) is 0 Å². The zero-order valence-electron chi connectivity index (χ0n) is 8.57. The topological polar surface area (TPSA) is 63.6 Å². The van der Waals surface area contributed by atoms with E-state index in [1.54, 1.807) is 0 Å². The van der Waals surface area contributed by atoms with Crippen molar-refractivity contribution < 1.29 is 18.8 Å². The van der Waals surface area contributed by atoms with Crippen molar-refractivity contribution in [2.24, 2.45) is 0 Å². The Hall–Kier alpha value is -0.310. The summed E-state index contributed by atoms with van der Waals surface area (Å²) in [5.41, 5.74) is 0. The van der Waals surface area contributed by atoms with Crippen LogP contribution in [0.15, 0.2) is 0 Å². The molecule has 0 aliphatic rings. The highest BCUT2D eigenvalue weighted by atomic mass is 31.1. The maximum absolute atomic E-state index is 11.0. The lowest BCUT2D eigenvalue weighted by Gasteiger charge is -1.97. The molecular formula is C9H18O4P+. The number of ketones is 1. The molecule has 0 aliphatic heterocycles. The van der Waals surface area contributed by atoms with E-state index in [1.807, 2.05) is 0 Å². The molecule has 0 fully saturated rings. The molecule has 0 aromatic carbocycles. The summed E-state index contributed by atoms with van der Waals surface area (Å²) >= 11 is 0. The van der Waals surface area contributed by atoms with E-state index in [4.69, 9.17) is 4.89 Å². The fraction of sp³-hybridized carbons (Fsp3) is 0.889. The van der Waals surface area contributed by atoms with Gasteiger partial charge in [0.05, 0.1) is 0 Å². The van der Waals surface area contributed by atoms with E-state index in [1.165, 1.54) is 12.8 Å². The van der Waals surface area contributed by atoms with Crippen molar-refractivity contribution in [1.82, 2.24) is 0 Å². The molecule has 14 heavy (non-hydrogen) atoms. The first kappa shape index (κ1) is 13.7. The predicted molar refractivity (Wildman–Crippen MR) is 54.2 cm³/mol. The van der Waals surface area contributed by atoms with E-state index in [9.17, 15) is 9.36 Å². The van der Waals surface area contributed by atoms with Crippen molar-refractivity contribution in [3.05, 3.63) is 0 Å². The molecule has 4 nitrogen and oxygen atoms in total. The minimum absolute atomic E-state index is 0.0982. The molecular weight excluding hydrogens is 203 g/mol. The second-order valence-corrected chi connectivity index (χ2v) is 3.95. The molecule has 0 saturated carbocycles. The minimum Gasteiger partial charge on any atom is -0.297 e. The molecule has 0 amide bonds. The third-order valence-corrected chi connectivity index (χ3v) is 2.25. The fourth-order valence-electron chi connectivity index (χ4n) is 1.13. The lowest BCUT2D eigenvalue weighted by molar-refractivity contribution is -0.121. The number of Topliss-reactive ketones (excluding diaryl/α,β-unsaturated/α-hetero) is 1. The molecule has 0 aromatic heterocycles. The largest absolute Gasteiger partial charge is 0.695 e. The molecule has 0 saturated heterocycles. The Bertz CT molecular complexity index is 182. The summed E-state index contributed by atoms with van der Waals surface area (Å²) in [6.45, 7) is 1.90. The van der Waals surface area contributed by atoms with E-state index < -0.39 is 8.25 Å². The molecule has 1 atom stereocenters. The summed E-state index contributed by atoms with van der Waals surface area (Å²) in [5, 5.41) is 0. The first-order valence-corrected chi connectivity index (χ1v) is 6.10. The molecule has 1 unspecified atom stereocenters. The number of hydrogen-bond donors (Lipinski definition) is 1. The van der Waals surface area contributed by atoms with Gasteiger partial charge in [-0.05, 0) is 6.42 Å². The number of carbonyl (C=O) groups excluding carboxylic acids is 1. The summed E-state index contributed by atoms with van der Waals surface area (Å²) in [7, 11) is -2.63. The molecule has 0 radical (unpaired) electrons. The van der Waals surface area contributed by atoms with Crippen molar-refractivity contribution in [3.8, 4) is 0 Å². The Morgan fingerprint density at radius 1 is 1.29 bits per heavy atom. The Balaban J connectivity index is 3.22. The second kappa shape index (κ2) is 9.25. The third-order valence-electron chi connectivity index (χ3n) is 1.90. The van der Waals surface area contributed by atoms with Crippen LogP contribution in [0.1, 0.15) is 45.4 Å². The van der Waals surface area contributed by atoms with Crippen LogP contribution in [0.5, 0.6) is 0 Å². The normalized spacial score (nSPS) is 11.4. The van der Waals surface area contributed by atoms with Gasteiger partial charge in [-0.25, -0.2) is 0 Å². The van der Waals surface area contributed by atoms with Crippen molar-refractivity contribution in [1.29, 1.82) is 0 Å². The van der Waals surface area contributed by atoms with Gasteiger partial charge in [0.25, 0.3) is 0 Å². The van der Waals surface area contributed by atoms with Crippen LogP contribution >= 0.6 is 8.25 Å². The number of unbranched alkanes of at least 4 members (excludes halogenated alkanes) is 4. The van der Waals surface area contributed by atoms with Gasteiger partial charge in [-0.2, -0.15) is 0 Å². The van der Waals surface area contributed by atoms with Gasteiger partial charge in [-0.3, -0.25) is 4.79 Å². The van der Waals surface area contributed by atoms with Gasteiger partial charge >= 0.3 is 8.25 Å². The molecule has 0 heterocycles. The van der Waals surface area contributed by atoms with E-state index >= 15 is 0 Å². The molecule has 0 rings (SSSR count). The van der Waals surface area contributed by atoms with Gasteiger partial charge in [0.15, 0.2) is 12.4 Å². The van der Waals surface area contributed by atoms with E-state index in [0.717, 1.165) is 19.3 Å². The van der Waals surface area contributed by atoms with Crippen molar-refractivity contribution in [2.45, 2.75) is 45.4 Å². The van der Waals surface area contributed by atoms with Gasteiger partial charge in [-0.1, -0.05) is 32.6 Å². The maximum atomic E-state index is 11.0. The summed E-state index contributed by atoms with van der Waals surface area (Å²) < 4.78 is 14.4. The number of carbonyl (C=O) groups is 1. The lowest BCUT2D eigenvalue weighted by Crippen LogP contribution is -2.04. The molecule has 0 bridgehead atoms. The average molecular weight is 221 g/mol. The summed E-state index contributed by atoms with van der Waals surface area (Å²) in [4.78, 5) is 19.3. The van der Waals surface area contributed by atoms with Crippen LogP contribution in [0, 0.1) is 0 Å². The zero-order valence-corrected chi connectivity index (χ0v) is 9.46. The Kier molecular flexibility index (Phi) is 9.05. The number of hydrogen-bond acceptors (Lipinski definition) is 3. The highest BCUT2D eigenvalue weighted by Gasteiger charge is 2.14. The van der Waals surface area contributed by atoms with E-state index in [2.05, 4.69) is 11.4 Å². The number of rotatable bonds is 9. The zero-order chi connectivity index (χ0) is 10.8. The van der Waals surface area contributed by atoms with Crippen LogP contribution in [0.4, 0.5) is 0 Å². The monoisotopic (exact) mass is 221 g/mol. The Morgan fingerprint density at radius 3 is 2.50 bits per heavy atom. The summed E-state index contributed by atoms with van der Waals surface area (Å²) in [6, 6.07) is 0. The molecule has 1 N–H and O–H groups in total. The average Bonchev–Trinajstić information content (AvgIpc) is 2.14. The van der Waals surface area contributed by atoms with Crippen molar-refractivity contribution >= 4 is 14.0 Å². The molecule has 5 heteroatoms. The summed E-state index contributed by atoms with van der Waals surface area (Å²) in [5.74, 6) is -0.0982. The van der Waals surface area contributed by atoms with Gasteiger partial charge in [-0.15, -0.1) is 9.42 Å². The third kappa shape index (κ3) is 9.78. The maximum Gasteiger partial charge on any atom is 0.695 e. The van der Waals surface area contributed by atoms with Gasteiger partial charge < -0.3 is 0 Å². The van der Waals surface area contributed by atoms with E-state index in [0.29, 0.717) is 6.42 Å². The highest BCUT2D eigenvalue weighted by Crippen LogP contribution is 2.14. The second-order valence-electron chi connectivity index (χ2n) is 3.21. The summed E-state index contributed by atoms with van der Waals surface area (Å²) in [6.07, 6.45) is 5.89. The van der Waals surface area contributed by atoms with Crippen LogP contribution in [-0.2, 0) is 13.9 Å². The Morgan fingerprint density at radius 2 is 1.93 bits per heavy atom. The van der Waals surface area contributed by atoms with Crippen LogP contribution in [0.2, 0.25) is 0 Å². The van der Waals surface area contributed by atoms with Crippen LogP contribution in [-0.4, -0.2) is 17.3 Å². The van der Waals surface area contributed by atoms with Crippen LogP contribution in [0.3, 0.4) is 0 Å². The predicted octanol–water partition coefficient (Wildman–Crippen LogP) is 2.58. The highest BCUT2D eigenvalue weighted by molar-refractivity contribution is 7.32. The molecule has 82 valence electrons. The fourth-order valence-corrected chi connectivity index (χ4v) is 1.38. The minimum atomic E-state index is -2.63. The standard InChI is InChI=1S/C9H17O4P/c1-2-3-4-5-6-7-9(10)8-13-14(11)12/h2-8H2,1H3/p+1. The smallest absolute Gasteiger partial charge is 0.297 e. The van der Waals surface area contributed by atoms with Gasteiger partial charge in [0, 0.05) is 11.0 Å². The Labute approximate surface area is 85.6 Å². The first-order valence-electron chi connectivity index (χ1n) is 4.97. The molecule has 0 aliphatic carbocycles. The first-order chi connectivity index (χ1) is 6.66. The molecule has 0 spiro atoms. The van der Waals surface area contributed by atoms with E-state index in [-0.39, 0.29) is 12.4 Å². The molecule has 0 aromatic rings. The van der Waals surface area contributed by atoms with Gasteiger partial charge in [0.1, 0.15) is 0 Å². The van der Waals surface area contributed by atoms with Crippen molar-refractivity contribution in [2.75, 3.05) is 6.61 Å². The lowest BCUT2D eigenvalue weighted by atomic mass is 10.1. The van der Waals surface area contributed by atoms with Crippen LogP contribution in [0.25, 0.3) is 0 Å². The van der Waals surface area contributed by atoms with Gasteiger partial charge in [0.2, 0.25) is 0 Å². The van der Waals surface area contributed by atoms with Crippen LogP contribution < -0.4 is 0 Å².